The number of pyridine rings is 1. The Morgan fingerprint density at radius 2 is 1.94 bits per heavy atom. The third kappa shape index (κ3) is 4.04. The molecule has 7 nitrogen and oxygen atoms in total. The number of hydrogen-bond acceptors (Lipinski definition) is 5. The minimum absolute atomic E-state index is 0.221. The number of rotatable bonds is 7. The molecule has 0 aliphatic heterocycles. The van der Waals surface area contributed by atoms with E-state index >= 15 is 0 Å². The van der Waals surface area contributed by atoms with Crippen LogP contribution < -0.4 is 5.32 Å². The first-order valence-electron chi connectivity index (χ1n) is 10.0. The van der Waals surface area contributed by atoms with E-state index in [2.05, 4.69) is 21.5 Å². The average Bonchev–Trinajstić information content (AvgIpc) is 3.37. The second-order valence-corrected chi connectivity index (χ2v) is 9.25. The molecule has 0 fully saturated rings. The monoisotopic (exact) mass is 435 g/mol. The largest absolute Gasteiger partial charge is 0.319 e. The van der Waals surface area contributed by atoms with Crippen LogP contribution in [0.4, 0.5) is 0 Å². The normalized spacial score (nSPS) is 12.5. The zero-order valence-corrected chi connectivity index (χ0v) is 18.6. The Hall–Kier alpha value is -3.23. The number of aryl methyl sites for hydroxylation is 1. The summed E-state index contributed by atoms with van der Waals surface area (Å²) in [5.41, 5.74) is 4.07. The molecule has 0 aliphatic rings. The maximum Gasteiger partial charge on any atom is 0.269 e. The van der Waals surface area contributed by atoms with E-state index in [4.69, 9.17) is 0 Å². The van der Waals surface area contributed by atoms with Crippen LogP contribution in [0.3, 0.4) is 0 Å². The van der Waals surface area contributed by atoms with Gasteiger partial charge in [-0.25, -0.2) is 17.4 Å². The molecule has 8 heteroatoms. The summed E-state index contributed by atoms with van der Waals surface area (Å²) >= 11 is 0. The summed E-state index contributed by atoms with van der Waals surface area (Å²) < 4.78 is 29.7. The van der Waals surface area contributed by atoms with E-state index < -0.39 is 10.0 Å². The van der Waals surface area contributed by atoms with Crippen LogP contribution in [0.25, 0.3) is 27.7 Å². The lowest BCUT2D eigenvalue weighted by atomic mass is 10.0. The van der Waals surface area contributed by atoms with E-state index in [0.717, 1.165) is 40.6 Å². The summed E-state index contributed by atoms with van der Waals surface area (Å²) in [5, 5.41) is 8.16. The summed E-state index contributed by atoms with van der Waals surface area (Å²) in [7, 11) is -0.0340. The fraction of sp³-hybridized carbons (Fsp3) is 0.217. The third-order valence-corrected chi connectivity index (χ3v) is 6.89. The van der Waals surface area contributed by atoms with Gasteiger partial charge in [-0.15, -0.1) is 0 Å². The third-order valence-electron chi connectivity index (χ3n) is 5.23. The molecule has 0 amide bonds. The van der Waals surface area contributed by atoms with Crippen LogP contribution in [0.1, 0.15) is 18.9 Å². The quantitative estimate of drug-likeness (QED) is 0.448. The van der Waals surface area contributed by atoms with E-state index in [1.807, 2.05) is 33.3 Å². The lowest BCUT2D eigenvalue weighted by Gasteiger charge is -2.07. The standard InChI is InChI=1S/C23H25N5O2S/c1-17(8-7-11-24-2)18-12-21-22(19-14-26-27(3)15-19)16-28(23(21)25-13-18)31(29,30)20-9-5-4-6-10-20/h4-6,8-10,12-16,24H,7,11H2,1-3H3/b17-8+. The van der Waals surface area contributed by atoms with Gasteiger partial charge >= 0.3 is 0 Å². The predicted molar refractivity (Wildman–Crippen MR) is 123 cm³/mol. The van der Waals surface area contributed by atoms with Crippen molar-refractivity contribution in [3.05, 3.63) is 72.8 Å². The van der Waals surface area contributed by atoms with Crippen molar-refractivity contribution in [2.24, 2.45) is 7.05 Å². The lowest BCUT2D eigenvalue weighted by Crippen LogP contribution is -2.12. The molecule has 0 radical (unpaired) electrons. The first kappa shape index (κ1) is 21.0. The maximum atomic E-state index is 13.4. The van der Waals surface area contributed by atoms with Crippen molar-refractivity contribution >= 4 is 26.6 Å². The fourth-order valence-corrected chi connectivity index (χ4v) is 4.87. The predicted octanol–water partition coefficient (Wildman–Crippen LogP) is 3.69. The average molecular weight is 436 g/mol. The van der Waals surface area contributed by atoms with E-state index in [1.54, 1.807) is 53.6 Å². The first-order chi connectivity index (χ1) is 14.9. The van der Waals surface area contributed by atoms with Gasteiger partial charge in [0.25, 0.3) is 10.0 Å². The molecule has 0 bridgehead atoms. The highest BCUT2D eigenvalue weighted by Crippen LogP contribution is 2.33. The number of fused-ring (bicyclic) bond motifs is 1. The highest BCUT2D eigenvalue weighted by Gasteiger charge is 2.23. The second kappa shape index (κ2) is 8.49. The fourth-order valence-electron chi connectivity index (χ4n) is 3.53. The first-order valence-corrected chi connectivity index (χ1v) is 11.5. The van der Waals surface area contributed by atoms with Crippen molar-refractivity contribution in [1.82, 2.24) is 24.1 Å². The molecular weight excluding hydrogens is 410 g/mol. The molecule has 0 aliphatic carbocycles. The van der Waals surface area contributed by atoms with Gasteiger partial charge in [0.15, 0.2) is 5.65 Å². The second-order valence-electron chi connectivity index (χ2n) is 7.43. The van der Waals surface area contributed by atoms with Crippen molar-refractivity contribution in [1.29, 1.82) is 0 Å². The van der Waals surface area contributed by atoms with Gasteiger partial charge in [0.1, 0.15) is 0 Å². The topological polar surface area (TPSA) is 81.8 Å². The van der Waals surface area contributed by atoms with Crippen molar-refractivity contribution in [3.63, 3.8) is 0 Å². The summed E-state index contributed by atoms with van der Waals surface area (Å²) in [6, 6.07) is 10.4. The summed E-state index contributed by atoms with van der Waals surface area (Å²) in [4.78, 5) is 4.80. The lowest BCUT2D eigenvalue weighted by molar-refractivity contribution is 0.589. The van der Waals surface area contributed by atoms with Crippen molar-refractivity contribution < 1.29 is 8.42 Å². The van der Waals surface area contributed by atoms with Crippen molar-refractivity contribution in [2.45, 2.75) is 18.2 Å². The minimum atomic E-state index is -3.79. The molecule has 4 aromatic rings. The van der Waals surface area contributed by atoms with Gasteiger partial charge in [0.2, 0.25) is 0 Å². The van der Waals surface area contributed by atoms with Gasteiger partial charge in [0, 0.05) is 42.2 Å². The zero-order chi connectivity index (χ0) is 22.0. The molecule has 31 heavy (non-hydrogen) atoms. The molecule has 1 N–H and O–H groups in total. The smallest absolute Gasteiger partial charge is 0.269 e. The van der Waals surface area contributed by atoms with E-state index in [9.17, 15) is 8.42 Å². The van der Waals surface area contributed by atoms with Crippen LogP contribution in [-0.4, -0.2) is 40.7 Å². The Bertz CT molecular complexity index is 1350. The van der Waals surface area contributed by atoms with Crippen LogP contribution >= 0.6 is 0 Å². The number of benzene rings is 1. The Labute approximate surface area is 182 Å². The highest BCUT2D eigenvalue weighted by atomic mass is 32.2. The molecule has 3 heterocycles. The van der Waals surface area contributed by atoms with Gasteiger partial charge in [-0.05, 0) is 56.3 Å². The van der Waals surface area contributed by atoms with Crippen LogP contribution in [0.15, 0.2) is 72.2 Å². The molecule has 0 atom stereocenters. The summed E-state index contributed by atoms with van der Waals surface area (Å²) in [6.07, 6.45) is 10.0. The van der Waals surface area contributed by atoms with Crippen molar-refractivity contribution in [3.8, 4) is 11.1 Å². The molecule has 0 saturated heterocycles. The molecule has 4 rings (SSSR count). The SMILES string of the molecule is CNCC/C=C(\C)c1cnc2c(c1)c(-c1cnn(C)c1)cn2S(=O)(=O)c1ccccc1. The summed E-state index contributed by atoms with van der Waals surface area (Å²) in [5.74, 6) is 0. The van der Waals surface area contributed by atoms with E-state index in [0.29, 0.717) is 5.65 Å². The highest BCUT2D eigenvalue weighted by molar-refractivity contribution is 7.90. The Balaban J connectivity index is 1.92. The van der Waals surface area contributed by atoms with Gasteiger partial charge < -0.3 is 5.32 Å². The van der Waals surface area contributed by atoms with Gasteiger partial charge in [-0.1, -0.05) is 24.3 Å². The number of hydrogen-bond donors (Lipinski definition) is 1. The molecular formula is C23H25N5O2S. The van der Waals surface area contributed by atoms with Crippen LogP contribution in [0, 0.1) is 0 Å². The van der Waals surface area contributed by atoms with Gasteiger partial charge in [0.05, 0.1) is 11.1 Å². The number of aromatic nitrogens is 4. The zero-order valence-electron chi connectivity index (χ0n) is 17.8. The Morgan fingerprint density at radius 1 is 1.16 bits per heavy atom. The molecule has 1 aromatic carbocycles. The molecule has 0 unspecified atom stereocenters. The number of nitrogens with one attached hydrogen (secondary N) is 1. The van der Waals surface area contributed by atoms with Gasteiger partial charge in [-0.3, -0.25) is 4.68 Å². The number of allylic oxidation sites excluding steroid dienone is 1. The minimum Gasteiger partial charge on any atom is -0.319 e. The van der Waals surface area contributed by atoms with Gasteiger partial charge in [-0.2, -0.15) is 5.10 Å². The molecule has 0 saturated carbocycles. The van der Waals surface area contributed by atoms with Crippen LogP contribution in [0.2, 0.25) is 0 Å². The maximum absolute atomic E-state index is 13.4. The van der Waals surface area contributed by atoms with Crippen LogP contribution in [-0.2, 0) is 17.1 Å². The van der Waals surface area contributed by atoms with E-state index in [1.165, 1.54) is 3.97 Å². The molecule has 160 valence electrons. The molecule has 3 aromatic heterocycles. The molecule has 0 spiro atoms. The number of nitrogens with zero attached hydrogens (tertiary/aromatic N) is 4. The van der Waals surface area contributed by atoms with Crippen molar-refractivity contribution in [2.75, 3.05) is 13.6 Å². The summed E-state index contributed by atoms with van der Waals surface area (Å²) in [6.45, 7) is 2.93. The Morgan fingerprint density at radius 3 is 2.61 bits per heavy atom. The van der Waals surface area contributed by atoms with Crippen LogP contribution in [0.5, 0.6) is 0 Å². The van der Waals surface area contributed by atoms with E-state index in [-0.39, 0.29) is 4.90 Å². The Kier molecular flexibility index (Phi) is 5.75.